The summed E-state index contributed by atoms with van der Waals surface area (Å²) in [5, 5.41) is 16.5. The molecule has 168 valence electrons. The lowest BCUT2D eigenvalue weighted by Crippen LogP contribution is -2.47. The number of tetrazole rings is 1. The summed E-state index contributed by atoms with van der Waals surface area (Å²) in [6, 6.07) is 5.68. The summed E-state index contributed by atoms with van der Waals surface area (Å²) in [6.07, 6.45) is 3.44. The number of morpholine rings is 1. The molecule has 0 saturated carbocycles. The van der Waals surface area contributed by atoms with Crippen LogP contribution in [0.3, 0.4) is 0 Å². The molecule has 2 aliphatic rings. The van der Waals surface area contributed by atoms with Gasteiger partial charge in [-0.15, -0.1) is 5.10 Å². The van der Waals surface area contributed by atoms with Gasteiger partial charge in [-0.3, -0.25) is 9.69 Å². The topological polar surface area (TPSA) is 88.4 Å². The molecule has 0 aliphatic carbocycles. The minimum absolute atomic E-state index is 0.0422. The van der Waals surface area contributed by atoms with E-state index >= 15 is 0 Å². The van der Waals surface area contributed by atoms with Crippen LogP contribution < -0.4 is 10.2 Å². The fourth-order valence-electron chi connectivity index (χ4n) is 3.88. The van der Waals surface area contributed by atoms with Crippen molar-refractivity contribution in [1.82, 2.24) is 30.4 Å². The summed E-state index contributed by atoms with van der Waals surface area (Å²) in [5.74, 6) is 0.439. The molecule has 0 bridgehead atoms. The SMILES string of the molecule is O=C(Cn1nnc(N2CCCCC2)n1)NC[C@H]1CN(Cc2ccc(Cl)c(Cl)c2)CCO1. The molecule has 2 fully saturated rings. The van der Waals surface area contributed by atoms with Crippen molar-refractivity contribution in [2.75, 3.05) is 44.2 Å². The zero-order valence-electron chi connectivity index (χ0n) is 17.3. The van der Waals surface area contributed by atoms with Crippen LogP contribution in [0.15, 0.2) is 18.2 Å². The number of benzene rings is 1. The Hall–Kier alpha value is -1.94. The molecule has 1 amide bonds. The van der Waals surface area contributed by atoms with E-state index in [1.54, 1.807) is 0 Å². The predicted octanol–water partition coefficient (Wildman–Crippen LogP) is 1.99. The summed E-state index contributed by atoms with van der Waals surface area (Å²) in [7, 11) is 0. The highest BCUT2D eigenvalue weighted by Gasteiger charge is 2.22. The molecule has 3 heterocycles. The van der Waals surface area contributed by atoms with Gasteiger partial charge in [-0.2, -0.15) is 4.80 Å². The van der Waals surface area contributed by atoms with Gasteiger partial charge in [0.1, 0.15) is 6.54 Å². The van der Waals surface area contributed by atoms with E-state index < -0.39 is 0 Å². The standard InChI is InChI=1S/C20H27Cl2N7O2/c21-17-5-4-15(10-18(17)22)12-27-8-9-31-16(13-27)11-23-19(30)14-29-25-20(24-26-29)28-6-2-1-3-7-28/h4-5,10,16H,1-3,6-9,11-14H2,(H,23,30)/t16-/m0/s1. The first-order chi connectivity index (χ1) is 15.1. The number of hydrogen-bond acceptors (Lipinski definition) is 7. The summed E-state index contributed by atoms with van der Waals surface area (Å²) in [5.41, 5.74) is 1.10. The van der Waals surface area contributed by atoms with Crippen LogP contribution in [0.5, 0.6) is 0 Å². The van der Waals surface area contributed by atoms with Crippen molar-refractivity contribution in [3.05, 3.63) is 33.8 Å². The third-order valence-electron chi connectivity index (χ3n) is 5.51. The highest BCUT2D eigenvalue weighted by molar-refractivity contribution is 6.42. The number of carbonyl (C=O) groups is 1. The van der Waals surface area contributed by atoms with E-state index in [0.717, 1.165) is 51.1 Å². The van der Waals surface area contributed by atoms with Crippen molar-refractivity contribution in [2.45, 2.75) is 38.5 Å². The molecule has 0 radical (unpaired) electrons. The number of carbonyl (C=O) groups excluding carboxylic acids is 1. The van der Waals surface area contributed by atoms with Crippen LogP contribution in [0, 0.1) is 0 Å². The molecule has 1 aromatic carbocycles. The second kappa shape index (κ2) is 10.6. The van der Waals surface area contributed by atoms with Gasteiger partial charge >= 0.3 is 0 Å². The van der Waals surface area contributed by atoms with Gasteiger partial charge in [0.25, 0.3) is 5.95 Å². The molecule has 1 aromatic heterocycles. The minimum Gasteiger partial charge on any atom is -0.374 e. The maximum atomic E-state index is 12.3. The number of aromatic nitrogens is 4. The Morgan fingerprint density at radius 3 is 2.81 bits per heavy atom. The monoisotopic (exact) mass is 467 g/mol. The van der Waals surface area contributed by atoms with Crippen molar-refractivity contribution in [1.29, 1.82) is 0 Å². The van der Waals surface area contributed by atoms with Crippen LogP contribution >= 0.6 is 23.2 Å². The molecule has 2 aromatic rings. The Morgan fingerprint density at radius 2 is 2.00 bits per heavy atom. The van der Waals surface area contributed by atoms with E-state index in [2.05, 4.69) is 30.5 Å². The number of piperidine rings is 1. The highest BCUT2D eigenvalue weighted by Crippen LogP contribution is 2.23. The van der Waals surface area contributed by atoms with Crippen LogP contribution in [0.25, 0.3) is 0 Å². The molecule has 2 aliphatic heterocycles. The molecule has 0 spiro atoms. The molecule has 9 nitrogen and oxygen atoms in total. The van der Waals surface area contributed by atoms with Crippen molar-refractivity contribution in [2.24, 2.45) is 0 Å². The van der Waals surface area contributed by atoms with Crippen LogP contribution in [0.1, 0.15) is 24.8 Å². The summed E-state index contributed by atoms with van der Waals surface area (Å²) in [6.45, 7) is 5.28. The van der Waals surface area contributed by atoms with Gasteiger partial charge in [0.15, 0.2) is 0 Å². The first kappa shape index (κ1) is 22.3. The Kier molecular flexibility index (Phi) is 7.60. The highest BCUT2D eigenvalue weighted by atomic mass is 35.5. The molecule has 11 heteroatoms. The summed E-state index contributed by atoms with van der Waals surface area (Å²) >= 11 is 12.1. The van der Waals surface area contributed by atoms with Crippen LogP contribution in [-0.4, -0.2) is 76.4 Å². The first-order valence-corrected chi connectivity index (χ1v) is 11.4. The normalized spacial score (nSPS) is 20.1. The van der Waals surface area contributed by atoms with Gasteiger partial charge in [-0.1, -0.05) is 34.4 Å². The second-order valence-corrected chi connectivity index (χ2v) is 8.76. The second-order valence-electron chi connectivity index (χ2n) is 7.95. The molecule has 0 unspecified atom stereocenters. The number of amides is 1. The Bertz CT molecular complexity index is 888. The molecule has 4 rings (SSSR count). The Morgan fingerprint density at radius 1 is 1.16 bits per heavy atom. The molecule has 1 N–H and O–H groups in total. The fourth-order valence-corrected chi connectivity index (χ4v) is 4.20. The number of nitrogens with one attached hydrogen (secondary N) is 1. The average Bonchev–Trinajstić information content (AvgIpc) is 3.24. The number of hydrogen-bond donors (Lipinski definition) is 1. The van der Waals surface area contributed by atoms with Crippen LogP contribution in [-0.2, 0) is 22.6 Å². The molecular weight excluding hydrogens is 441 g/mol. The predicted molar refractivity (Wildman–Crippen MR) is 118 cm³/mol. The Balaban J connectivity index is 1.21. The zero-order chi connectivity index (χ0) is 21.6. The van der Waals surface area contributed by atoms with Gasteiger partial charge in [0, 0.05) is 39.3 Å². The van der Waals surface area contributed by atoms with Crippen molar-refractivity contribution in [3.63, 3.8) is 0 Å². The lowest BCUT2D eigenvalue weighted by molar-refractivity contribution is -0.123. The number of halogens is 2. The van der Waals surface area contributed by atoms with Gasteiger partial charge in [0.2, 0.25) is 5.91 Å². The molecule has 31 heavy (non-hydrogen) atoms. The van der Waals surface area contributed by atoms with E-state index in [4.69, 9.17) is 27.9 Å². The largest absolute Gasteiger partial charge is 0.374 e. The van der Waals surface area contributed by atoms with Crippen molar-refractivity contribution in [3.8, 4) is 0 Å². The lowest BCUT2D eigenvalue weighted by atomic mass is 10.1. The van der Waals surface area contributed by atoms with E-state index in [9.17, 15) is 4.79 Å². The summed E-state index contributed by atoms with van der Waals surface area (Å²) < 4.78 is 5.81. The third-order valence-corrected chi connectivity index (χ3v) is 6.25. The zero-order valence-corrected chi connectivity index (χ0v) is 18.9. The van der Waals surface area contributed by atoms with Gasteiger partial charge in [-0.25, -0.2) is 0 Å². The van der Waals surface area contributed by atoms with Gasteiger partial charge in [-0.05, 0) is 42.2 Å². The number of anilines is 1. The first-order valence-electron chi connectivity index (χ1n) is 10.6. The molecule has 1 atom stereocenters. The van der Waals surface area contributed by atoms with Gasteiger partial charge in [0.05, 0.1) is 22.8 Å². The average molecular weight is 468 g/mol. The number of nitrogens with zero attached hydrogens (tertiary/aromatic N) is 6. The molecular formula is C20H27Cl2N7O2. The molecule has 2 saturated heterocycles. The fraction of sp³-hybridized carbons (Fsp3) is 0.600. The maximum Gasteiger partial charge on any atom is 0.266 e. The lowest BCUT2D eigenvalue weighted by Gasteiger charge is -2.33. The smallest absolute Gasteiger partial charge is 0.266 e. The Labute approximate surface area is 191 Å². The van der Waals surface area contributed by atoms with E-state index in [0.29, 0.717) is 29.1 Å². The summed E-state index contributed by atoms with van der Waals surface area (Å²) in [4.78, 5) is 18.1. The van der Waals surface area contributed by atoms with Crippen molar-refractivity contribution >= 4 is 35.1 Å². The number of ether oxygens (including phenoxy) is 1. The van der Waals surface area contributed by atoms with E-state index in [1.807, 2.05) is 18.2 Å². The maximum absolute atomic E-state index is 12.3. The van der Waals surface area contributed by atoms with E-state index in [-0.39, 0.29) is 18.6 Å². The van der Waals surface area contributed by atoms with Crippen LogP contribution in [0.2, 0.25) is 10.0 Å². The van der Waals surface area contributed by atoms with Crippen LogP contribution in [0.4, 0.5) is 5.95 Å². The van der Waals surface area contributed by atoms with Gasteiger partial charge < -0.3 is 15.0 Å². The third kappa shape index (κ3) is 6.29. The number of rotatable bonds is 7. The quantitative estimate of drug-likeness (QED) is 0.665. The minimum atomic E-state index is -0.159. The van der Waals surface area contributed by atoms with E-state index in [1.165, 1.54) is 11.2 Å². The van der Waals surface area contributed by atoms with Crippen molar-refractivity contribution < 1.29 is 9.53 Å².